The van der Waals surface area contributed by atoms with Gasteiger partial charge in [-0.15, -0.1) is 0 Å². The molecule has 3 heteroatoms. The molecule has 20 heavy (non-hydrogen) atoms. The Hall–Kier alpha value is -1.61. The molecular weight excluding hydrogens is 246 g/mol. The summed E-state index contributed by atoms with van der Waals surface area (Å²) in [5.74, 6) is 0. The summed E-state index contributed by atoms with van der Waals surface area (Å²) in [6, 6.07) is 9.38. The van der Waals surface area contributed by atoms with Crippen molar-refractivity contribution in [3.05, 3.63) is 53.6 Å². The number of fused-ring (bicyclic) bond motifs is 1. The zero-order valence-corrected chi connectivity index (χ0v) is 12.0. The van der Waals surface area contributed by atoms with Gasteiger partial charge in [0.1, 0.15) is 0 Å². The first-order valence-corrected chi connectivity index (χ1v) is 7.56. The van der Waals surface area contributed by atoms with Crippen LogP contribution in [0, 0.1) is 0 Å². The highest BCUT2D eigenvalue weighted by Crippen LogP contribution is 2.36. The lowest BCUT2D eigenvalue weighted by molar-refractivity contribution is 0.430. The van der Waals surface area contributed by atoms with E-state index in [-0.39, 0.29) is 5.41 Å². The second-order valence-corrected chi connectivity index (χ2v) is 6.50. The lowest BCUT2D eigenvalue weighted by Gasteiger charge is -2.27. The van der Waals surface area contributed by atoms with Crippen LogP contribution >= 0.6 is 0 Å². The van der Waals surface area contributed by atoms with Gasteiger partial charge in [-0.05, 0) is 36.9 Å². The Labute approximate surface area is 120 Å². The first kappa shape index (κ1) is 12.2. The van der Waals surface area contributed by atoms with Gasteiger partial charge in [0, 0.05) is 29.9 Å². The Morgan fingerprint density at radius 3 is 2.65 bits per heavy atom. The molecule has 1 unspecified atom stereocenters. The number of nitrogens with zero attached hydrogens (tertiary/aromatic N) is 2. The average molecular weight is 267 g/mol. The van der Waals surface area contributed by atoms with Crippen molar-refractivity contribution in [3.8, 4) is 0 Å². The highest BCUT2D eigenvalue weighted by Gasteiger charge is 2.35. The van der Waals surface area contributed by atoms with Crippen molar-refractivity contribution >= 4 is 0 Å². The van der Waals surface area contributed by atoms with Crippen molar-refractivity contribution in [2.75, 3.05) is 13.1 Å². The third kappa shape index (κ3) is 1.80. The van der Waals surface area contributed by atoms with Crippen LogP contribution in [-0.4, -0.2) is 22.6 Å². The Bertz CT molecular complexity index is 598. The lowest BCUT2D eigenvalue weighted by Crippen LogP contribution is -2.29. The fourth-order valence-electron chi connectivity index (χ4n) is 3.83. The van der Waals surface area contributed by atoms with E-state index in [1.807, 2.05) is 6.33 Å². The molecule has 2 heterocycles. The van der Waals surface area contributed by atoms with Crippen LogP contribution in [0.4, 0.5) is 0 Å². The Kier molecular flexibility index (Phi) is 2.71. The molecule has 1 saturated heterocycles. The van der Waals surface area contributed by atoms with Gasteiger partial charge in [-0.1, -0.05) is 31.2 Å². The van der Waals surface area contributed by atoms with Gasteiger partial charge in [-0.3, -0.25) is 0 Å². The fourth-order valence-corrected chi connectivity index (χ4v) is 3.83. The second-order valence-electron chi connectivity index (χ2n) is 6.50. The second kappa shape index (κ2) is 4.45. The van der Waals surface area contributed by atoms with Crippen molar-refractivity contribution in [1.82, 2.24) is 14.9 Å². The molecule has 4 rings (SSSR count). The summed E-state index contributed by atoms with van der Waals surface area (Å²) in [6.07, 6.45) is 7.61. The van der Waals surface area contributed by atoms with Crippen LogP contribution in [0.1, 0.15) is 36.2 Å². The maximum absolute atomic E-state index is 4.45. The SMILES string of the molecule is CC1(c2cncn2C2Cc3ccccc3C2)CCNC1. The average Bonchev–Trinajstić information content (AvgIpc) is 3.16. The molecule has 1 aliphatic heterocycles. The minimum absolute atomic E-state index is 0.241. The molecule has 1 fully saturated rings. The van der Waals surface area contributed by atoms with Gasteiger partial charge in [0.15, 0.2) is 0 Å². The summed E-state index contributed by atoms with van der Waals surface area (Å²) >= 11 is 0. The van der Waals surface area contributed by atoms with Crippen LogP contribution in [0.15, 0.2) is 36.8 Å². The van der Waals surface area contributed by atoms with Gasteiger partial charge in [-0.25, -0.2) is 4.98 Å². The number of aromatic nitrogens is 2. The Morgan fingerprint density at radius 1 is 1.25 bits per heavy atom. The summed E-state index contributed by atoms with van der Waals surface area (Å²) in [7, 11) is 0. The molecule has 104 valence electrons. The molecule has 0 amide bonds. The number of hydrogen-bond acceptors (Lipinski definition) is 2. The van der Waals surface area contributed by atoms with Crippen LogP contribution in [0.3, 0.4) is 0 Å². The molecule has 1 aromatic heterocycles. The first-order valence-electron chi connectivity index (χ1n) is 7.56. The fraction of sp³-hybridized carbons (Fsp3) is 0.471. The first-order chi connectivity index (χ1) is 9.76. The molecular formula is C17H21N3. The molecule has 2 aliphatic rings. The summed E-state index contributed by atoms with van der Waals surface area (Å²) in [4.78, 5) is 4.45. The van der Waals surface area contributed by atoms with E-state index in [4.69, 9.17) is 0 Å². The number of rotatable bonds is 2. The quantitative estimate of drug-likeness (QED) is 0.906. The monoisotopic (exact) mass is 267 g/mol. The minimum atomic E-state index is 0.241. The molecule has 3 nitrogen and oxygen atoms in total. The summed E-state index contributed by atoms with van der Waals surface area (Å²) in [5.41, 5.74) is 4.66. The predicted octanol–water partition coefficient (Wildman–Crippen LogP) is 2.47. The van der Waals surface area contributed by atoms with E-state index < -0.39 is 0 Å². The van der Waals surface area contributed by atoms with E-state index in [9.17, 15) is 0 Å². The third-order valence-corrected chi connectivity index (χ3v) is 5.08. The molecule has 1 N–H and O–H groups in total. The third-order valence-electron chi connectivity index (χ3n) is 5.08. The Morgan fingerprint density at radius 2 is 2.00 bits per heavy atom. The van der Waals surface area contributed by atoms with Crippen LogP contribution in [0.5, 0.6) is 0 Å². The van der Waals surface area contributed by atoms with E-state index in [0.717, 1.165) is 25.9 Å². The highest BCUT2D eigenvalue weighted by molar-refractivity contribution is 5.33. The summed E-state index contributed by atoms with van der Waals surface area (Å²) in [6.45, 7) is 4.55. The van der Waals surface area contributed by atoms with E-state index in [0.29, 0.717) is 6.04 Å². The van der Waals surface area contributed by atoms with E-state index in [1.54, 1.807) is 0 Å². The van der Waals surface area contributed by atoms with Crippen LogP contribution in [-0.2, 0) is 18.3 Å². The van der Waals surface area contributed by atoms with E-state index in [2.05, 4.69) is 52.3 Å². The number of imidazole rings is 1. The minimum Gasteiger partial charge on any atom is -0.330 e. The summed E-state index contributed by atoms with van der Waals surface area (Å²) in [5, 5.41) is 3.49. The predicted molar refractivity (Wildman–Crippen MR) is 80.0 cm³/mol. The standard InChI is InChI=1S/C17H21N3/c1-17(6-7-18-11-17)16-10-19-12-20(16)15-8-13-4-2-3-5-14(13)9-15/h2-5,10,12,15,18H,6-9,11H2,1H3. The molecule has 1 aliphatic carbocycles. The van der Waals surface area contributed by atoms with Gasteiger partial charge in [0.25, 0.3) is 0 Å². The van der Waals surface area contributed by atoms with E-state index in [1.165, 1.54) is 23.2 Å². The number of benzene rings is 1. The highest BCUT2D eigenvalue weighted by atomic mass is 15.1. The molecule has 1 atom stereocenters. The number of hydrogen-bond donors (Lipinski definition) is 1. The topological polar surface area (TPSA) is 29.9 Å². The molecule has 1 aromatic carbocycles. The largest absolute Gasteiger partial charge is 0.330 e. The molecule has 0 spiro atoms. The maximum Gasteiger partial charge on any atom is 0.0951 e. The Balaban J connectivity index is 1.67. The lowest BCUT2D eigenvalue weighted by atomic mass is 9.86. The summed E-state index contributed by atoms with van der Waals surface area (Å²) < 4.78 is 2.44. The normalized spacial score (nSPS) is 26.1. The molecule has 0 radical (unpaired) electrons. The molecule has 0 bridgehead atoms. The van der Waals surface area contributed by atoms with Crippen LogP contribution < -0.4 is 5.32 Å². The zero-order chi connectivity index (χ0) is 13.6. The number of nitrogens with one attached hydrogen (secondary N) is 1. The smallest absolute Gasteiger partial charge is 0.0951 e. The van der Waals surface area contributed by atoms with Crippen molar-refractivity contribution < 1.29 is 0 Å². The van der Waals surface area contributed by atoms with E-state index >= 15 is 0 Å². The van der Waals surface area contributed by atoms with Crippen LogP contribution in [0.2, 0.25) is 0 Å². The van der Waals surface area contributed by atoms with Gasteiger partial charge in [-0.2, -0.15) is 0 Å². The van der Waals surface area contributed by atoms with Crippen molar-refractivity contribution in [2.24, 2.45) is 0 Å². The van der Waals surface area contributed by atoms with Crippen molar-refractivity contribution in [3.63, 3.8) is 0 Å². The van der Waals surface area contributed by atoms with Gasteiger partial charge in [0.2, 0.25) is 0 Å². The van der Waals surface area contributed by atoms with Gasteiger partial charge < -0.3 is 9.88 Å². The maximum atomic E-state index is 4.45. The molecule has 0 saturated carbocycles. The van der Waals surface area contributed by atoms with Crippen LogP contribution in [0.25, 0.3) is 0 Å². The zero-order valence-electron chi connectivity index (χ0n) is 12.0. The van der Waals surface area contributed by atoms with Crippen molar-refractivity contribution in [1.29, 1.82) is 0 Å². The molecule has 2 aromatic rings. The van der Waals surface area contributed by atoms with Gasteiger partial charge in [0.05, 0.1) is 6.33 Å². The van der Waals surface area contributed by atoms with Gasteiger partial charge >= 0.3 is 0 Å². The van der Waals surface area contributed by atoms with Crippen molar-refractivity contribution in [2.45, 2.75) is 37.6 Å².